The van der Waals surface area contributed by atoms with E-state index in [0.29, 0.717) is 24.2 Å². The Hall–Kier alpha value is -1.40. The molecular weight excluding hydrogens is 308 g/mol. The van der Waals surface area contributed by atoms with Crippen molar-refractivity contribution in [3.05, 3.63) is 15.6 Å². The molecule has 0 unspecified atom stereocenters. The van der Waals surface area contributed by atoms with Gasteiger partial charge in [0, 0.05) is 24.9 Å². The van der Waals surface area contributed by atoms with Gasteiger partial charge in [0.05, 0.1) is 5.39 Å². The molecule has 0 atom stereocenters. The number of rotatable bonds is 4. The van der Waals surface area contributed by atoms with E-state index in [4.69, 9.17) is 11.6 Å². The van der Waals surface area contributed by atoms with E-state index in [1.54, 1.807) is 11.3 Å². The van der Waals surface area contributed by atoms with Crippen molar-refractivity contribution in [1.82, 2.24) is 15.3 Å². The van der Waals surface area contributed by atoms with Crippen LogP contribution in [0.25, 0.3) is 10.2 Å². The van der Waals surface area contributed by atoms with Crippen LogP contribution in [0.3, 0.4) is 0 Å². The second-order valence-electron chi connectivity index (χ2n) is 5.14. The van der Waals surface area contributed by atoms with Crippen LogP contribution in [0, 0.1) is 0 Å². The van der Waals surface area contributed by atoms with Crippen LogP contribution in [0.4, 0.5) is 5.95 Å². The van der Waals surface area contributed by atoms with Crippen LogP contribution in [-0.2, 0) is 17.6 Å². The van der Waals surface area contributed by atoms with Gasteiger partial charge in [-0.3, -0.25) is 4.79 Å². The van der Waals surface area contributed by atoms with E-state index in [9.17, 15) is 4.79 Å². The molecule has 0 spiro atoms. The van der Waals surface area contributed by atoms with Gasteiger partial charge in [-0.1, -0.05) is 11.6 Å². The molecule has 2 aromatic rings. The van der Waals surface area contributed by atoms with Crippen molar-refractivity contribution < 1.29 is 4.79 Å². The summed E-state index contributed by atoms with van der Waals surface area (Å²) in [4.78, 5) is 22.1. The van der Waals surface area contributed by atoms with Crippen LogP contribution in [0.2, 0.25) is 5.15 Å². The number of nitrogens with one attached hydrogen (secondary N) is 2. The van der Waals surface area contributed by atoms with Crippen LogP contribution in [0.5, 0.6) is 0 Å². The van der Waals surface area contributed by atoms with E-state index in [-0.39, 0.29) is 5.91 Å². The first kappa shape index (κ1) is 14.5. The summed E-state index contributed by atoms with van der Waals surface area (Å²) in [6.45, 7) is 2.61. The van der Waals surface area contributed by atoms with Crippen molar-refractivity contribution in [1.29, 1.82) is 0 Å². The highest BCUT2D eigenvalue weighted by atomic mass is 35.5. The van der Waals surface area contributed by atoms with Crippen molar-refractivity contribution in [2.75, 3.05) is 18.4 Å². The summed E-state index contributed by atoms with van der Waals surface area (Å²) in [7, 11) is 0. The van der Waals surface area contributed by atoms with Gasteiger partial charge in [-0.05, 0) is 31.2 Å². The number of carbonyl (C=O) groups is 1. The van der Waals surface area contributed by atoms with E-state index < -0.39 is 0 Å². The largest absolute Gasteiger partial charge is 0.355 e. The zero-order valence-corrected chi connectivity index (χ0v) is 13.4. The molecule has 0 fully saturated rings. The van der Waals surface area contributed by atoms with E-state index in [1.165, 1.54) is 30.2 Å². The minimum absolute atomic E-state index is 0.0443. The second-order valence-corrected chi connectivity index (χ2v) is 6.58. The average Bonchev–Trinajstić information content (AvgIpc) is 2.82. The highest BCUT2D eigenvalue weighted by molar-refractivity contribution is 7.19. The van der Waals surface area contributed by atoms with E-state index in [1.807, 2.05) is 0 Å². The first-order valence-electron chi connectivity index (χ1n) is 7.11. The van der Waals surface area contributed by atoms with Crippen LogP contribution in [0.15, 0.2) is 0 Å². The number of amides is 1. The van der Waals surface area contributed by atoms with E-state index in [2.05, 4.69) is 20.6 Å². The van der Waals surface area contributed by atoms with Crippen molar-refractivity contribution >= 4 is 45.0 Å². The molecule has 1 amide bonds. The number of carbonyl (C=O) groups excluding carboxylic acids is 1. The lowest BCUT2D eigenvalue weighted by molar-refractivity contribution is -0.118. The first-order valence-corrected chi connectivity index (χ1v) is 8.30. The molecule has 5 nitrogen and oxygen atoms in total. The fourth-order valence-electron chi connectivity index (χ4n) is 2.60. The Labute approximate surface area is 132 Å². The molecule has 0 saturated carbocycles. The summed E-state index contributed by atoms with van der Waals surface area (Å²) in [6, 6.07) is 0. The first-order chi connectivity index (χ1) is 10.1. The summed E-state index contributed by atoms with van der Waals surface area (Å²) in [5.41, 5.74) is 1.34. The maximum absolute atomic E-state index is 10.8. The Morgan fingerprint density at radius 3 is 2.90 bits per heavy atom. The Balaban J connectivity index is 1.81. The minimum atomic E-state index is -0.0443. The van der Waals surface area contributed by atoms with Gasteiger partial charge < -0.3 is 10.6 Å². The molecule has 0 bridgehead atoms. The molecule has 7 heteroatoms. The van der Waals surface area contributed by atoms with Crippen LogP contribution in [-0.4, -0.2) is 29.0 Å². The summed E-state index contributed by atoms with van der Waals surface area (Å²) in [6.07, 6.45) is 4.66. The van der Waals surface area contributed by atoms with Gasteiger partial charge in [0.15, 0.2) is 0 Å². The highest BCUT2D eigenvalue weighted by Crippen LogP contribution is 2.38. The van der Waals surface area contributed by atoms with Crippen molar-refractivity contribution in [2.45, 2.75) is 32.6 Å². The monoisotopic (exact) mass is 324 g/mol. The van der Waals surface area contributed by atoms with Crippen molar-refractivity contribution in [3.63, 3.8) is 0 Å². The van der Waals surface area contributed by atoms with E-state index >= 15 is 0 Å². The molecule has 3 rings (SSSR count). The normalized spacial score (nSPS) is 14.0. The molecule has 2 heterocycles. The predicted molar refractivity (Wildman–Crippen MR) is 86.2 cm³/mol. The third-order valence-electron chi connectivity index (χ3n) is 3.55. The lowest BCUT2D eigenvalue weighted by atomic mass is 9.97. The molecule has 21 heavy (non-hydrogen) atoms. The Morgan fingerprint density at radius 1 is 1.29 bits per heavy atom. The number of hydrogen-bond acceptors (Lipinski definition) is 5. The molecule has 0 radical (unpaired) electrons. The summed E-state index contributed by atoms with van der Waals surface area (Å²) in [5.74, 6) is 0.480. The van der Waals surface area contributed by atoms with Gasteiger partial charge in [0.25, 0.3) is 0 Å². The predicted octanol–water partition coefficient (Wildman–Crippen LogP) is 2.77. The molecular formula is C14H17ClN4OS. The van der Waals surface area contributed by atoms with Gasteiger partial charge in [-0.15, -0.1) is 11.3 Å². The SMILES string of the molecule is CC(=O)NCCNc1nc(Cl)c2c3c(sc2n1)CCCC3. The smallest absolute Gasteiger partial charge is 0.225 e. The molecule has 1 aliphatic carbocycles. The topological polar surface area (TPSA) is 66.9 Å². The fourth-order valence-corrected chi connectivity index (χ4v) is 4.21. The van der Waals surface area contributed by atoms with Crippen LogP contribution >= 0.6 is 22.9 Å². The third-order valence-corrected chi connectivity index (χ3v) is 5.01. The number of fused-ring (bicyclic) bond motifs is 3. The van der Waals surface area contributed by atoms with Gasteiger partial charge in [-0.25, -0.2) is 9.97 Å². The van der Waals surface area contributed by atoms with Gasteiger partial charge >= 0.3 is 0 Å². The Bertz CT molecular complexity index is 685. The molecule has 2 aromatic heterocycles. The molecule has 112 valence electrons. The number of hydrogen-bond donors (Lipinski definition) is 2. The van der Waals surface area contributed by atoms with Crippen LogP contribution in [0.1, 0.15) is 30.2 Å². The van der Waals surface area contributed by atoms with Crippen molar-refractivity contribution in [2.24, 2.45) is 0 Å². The standard InChI is InChI=1S/C14H17ClN4OS/c1-8(20)16-6-7-17-14-18-12(15)11-9-4-2-3-5-10(9)21-13(11)19-14/h2-7H2,1H3,(H,16,20)(H,17,18,19). The highest BCUT2D eigenvalue weighted by Gasteiger charge is 2.20. The van der Waals surface area contributed by atoms with Crippen LogP contribution < -0.4 is 10.6 Å². The second kappa shape index (κ2) is 6.15. The zero-order chi connectivity index (χ0) is 14.8. The van der Waals surface area contributed by atoms with Crippen molar-refractivity contribution in [3.8, 4) is 0 Å². The number of aromatic nitrogens is 2. The quantitative estimate of drug-likeness (QED) is 0.670. The van der Waals surface area contributed by atoms with Gasteiger partial charge in [0.1, 0.15) is 9.98 Å². The summed E-state index contributed by atoms with van der Waals surface area (Å²) < 4.78 is 0. The zero-order valence-electron chi connectivity index (χ0n) is 11.8. The number of anilines is 1. The van der Waals surface area contributed by atoms with Gasteiger partial charge in [-0.2, -0.15) is 0 Å². The minimum Gasteiger partial charge on any atom is -0.355 e. The number of thiophene rings is 1. The number of nitrogens with zero attached hydrogens (tertiary/aromatic N) is 2. The molecule has 1 aliphatic rings. The molecule has 0 saturated heterocycles. The van der Waals surface area contributed by atoms with E-state index in [0.717, 1.165) is 23.1 Å². The average molecular weight is 325 g/mol. The lowest BCUT2D eigenvalue weighted by Gasteiger charge is -2.10. The summed E-state index contributed by atoms with van der Waals surface area (Å²) in [5, 5.41) is 7.38. The summed E-state index contributed by atoms with van der Waals surface area (Å²) >= 11 is 8.08. The lowest BCUT2D eigenvalue weighted by Crippen LogP contribution is -2.26. The molecule has 0 aromatic carbocycles. The Kier molecular flexibility index (Phi) is 4.26. The fraction of sp³-hybridized carbons (Fsp3) is 0.500. The maximum atomic E-state index is 10.8. The Morgan fingerprint density at radius 2 is 2.10 bits per heavy atom. The number of aryl methyl sites for hydroxylation is 2. The molecule has 2 N–H and O–H groups in total. The maximum Gasteiger partial charge on any atom is 0.225 e. The van der Waals surface area contributed by atoms with Gasteiger partial charge in [0.2, 0.25) is 11.9 Å². The molecule has 0 aliphatic heterocycles. The number of halogens is 1. The third kappa shape index (κ3) is 3.11.